The number of urea groups is 1. The van der Waals surface area contributed by atoms with E-state index < -0.39 is 6.03 Å². The largest absolute Gasteiger partial charge is 0.335 e. The average Bonchev–Trinajstić information content (AvgIpc) is 2.63. The highest BCUT2D eigenvalue weighted by Crippen LogP contribution is 2.21. The van der Waals surface area contributed by atoms with Crippen LogP contribution in [0.25, 0.3) is 0 Å². The second-order valence-electron chi connectivity index (χ2n) is 5.97. The average molecular weight is 339 g/mol. The van der Waals surface area contributed by atoms with Gasteiger partial charge in [-0.15, -0.1) is 0 Å². The molecule has 0 fully saturated rings. The molecule has 0 saturated heterocycles. The lowest BCUT2D eigenvalue weighted by Crippen LogP contribution is -2.46. The van der Waals surface area contributed by atoms with Gasteiger partial charge in [-0.25, -0.2) is 4.79 Å². The highest BCUT2D eigenvalue weighted by Gasteiger charge is 2.16. The first-order valence-corrected chi connectivity index (χ1v) is 8.53. The third kappa shape index (κ3) is 6.04. The summed E-state index contributed by atoms with van der Waals surface area (Å²) in [6, 6.07) is 19.3. The third-order valence-corrected chi connectivity index (χ3v) is 3.98. The van der Waals surface area contributed by atoms with Gasteiger partial charge in [0.1, 0.15) is 0 Å². The fraction of sp³-hybridized carbons (Fsp3) is 0.300. The van der Waals surface area contributed by atoms with Gasteiger partial charge in [-0.1, -0.05) is 67.6 Å². The topological polar surface area (TPSA) is 70.2 Å². The number of carbonyl (C=O) groups is 2. The molecule has 1 atom stereocenters. The lowest BCUT2D eigenvalue weighted by Gasteiger charge is -2.20. The van der Waals surface area contributed by atoms with Crippen LogP contribution >= 0.6 is 0 Å². The minimum absolute atomic E-state index is 0.0298. The van der Waals surface area contributed by atoms with Crippen LogP contribution in [0.4, 0.5) is 4.79 Å². The molecular formula is C20H25N3O2. The zero-order valence-electron chi connectivity index (χ0n) is 14.7. The molecule has 0 aliphatic rings. The van der Waals surface area contributed by atoms with Crippen LogP contribution < -0.4 is 16.0 Å². The van der Waals surface area contributed by atoms with Crippen molar-refractivity contribution in [3.63, 3.8) is 0 Å². The number of rotatable bonds is 7. The quantitative estimate of drug-likeness (QED) is 0.726. The maximum absolute atomic E-state index is 12.1. The number of benzene rings is 2. The van der Waals surface area contributed by atoms with Crippen molar-refractivity contribution in [2.24, 2.45) is 0 Å². The van der Waals surface area contributed by atoms with Gasteiger partial charge in [0.05, 0.1) is 12.6 Å². The molecule has 2 rings (SSSR count). The van der Waals surface area contributed by atoms with Crippen molar-refractivity contribution in [3.05, 3.63) is 71.8 Å². The summed E-state index contributed by atoms with van der Waals surface area (Å²) in [5, 5.41) is 8.30. The van der Waals surface area contributed by atoms with E-state index in [1.54, 1.807) is 0 Å². The predicted molar refractivity (Wildman–Crippen MR) is 99.2 cm³/mol. The van der Waals surface area contributed by atoms with Crippen LogP contribution in [0.5, 0.6) is 0 Å². The molecule has 0 aliphatic heterocycles. The molecule has 0 radical (unpaired) electrons. The van der Waals surface area contributed by atoms with E-state index in [0.29, 0.717) is 0 Å². The van der Waals surface area contributed by atoms with E-state index in [4.69, 9.17) is 0 Å². The number of carbonyl (C=O) groups excluding carboxylic acids is 2. The van der Waals surface area contributed by atoms with Gasteiger partial charge in [-0.2, -0.15) is 0 Å². The molecule has 2 aromatic carbocycles. The van der Waals surface area contributed by atoms with Crippen molar-refractivity contribution in [1.82, 2.24) is 16.0 Å². The molecule has 5 heteroatoms. The van der Waals surface area contributed by atoms with Crippen molar-refractivity contribution >= 4 is 11.9 Å². The van der Waals surface area contributed by atoms with E-state index in [1.807, 2.05) is 74.5 Å². The maximum atomic E-state index is 12.1. The third-order valence-electron chi connectivity index (χ3n) is 3.98. The summed E-state index contributed by atoms with van der Waals surface area (Å²) in [6.07, 6.45) is 0.809. The van der Waals surface area contributed by atoms with Crippen molar-refractivity contribution < 1.29 is 9.59 Å². The smallest absolute Gasteiger partial charge is 0.321 e. The zero-order chi connectivity index (χ0) is 18.1. The number of hydrogen-bond acceptors (Lipinski definition) is 3. The fourth-order valence-electron chi connectivity index (χ4n) is 2.45. The SMILES string of the molecule is CC[C@H](C)NC(=O)NC(=O)CNC(c1ccccc1)c1ccccc1. The summed E-state index contributed by atoms with van der Waals surface area (Å²) in [5.74, 6) is -0.363. The second kappa shape index (κ2) is 9.59. The first-order valence-electron chi connectivity index (χ1n) is 8.53. The minimum Gasteiger partial charge on any atom is -0.335 e. The van der Waals surface area contributed by atoms with Crippen LogP contribution in [0.2, 0.25) is 0 Å². The zero-order valence-corrected chi connectivity index (χ0v) is 14.7. The first kappa shape index (κ1) is 18.7. The Labute approximate surface area is 148 Å². The molecule has 25 heavy (non-hydrogen) atoms. The van der Waals surface area contributed by atoms with Gasteiger partial charge in [-0.05, 0) is 24.5 Å². The van der Waals surface area contributed by atoms with Gasteiger partial charge < -0.3 is 5.32 Å². The number of amides is 3. The molecule has 0 spiro atoms. The summed E-state index contributed by atoms with van der Waals surface area (Å²) in [7, 11) is 0. The Morgan fingerprint density at radius 2 is 1.44 bits per heavy atom. The van der Waals surface area contributed by atoms with Crippen molar-refractivity contribution in [2.45, 2.75) is 32.4 Å². The molecule has 2 aromatic rings. The van der Waals surface area contributed by atoms with Gasteiger partial charge in [0.15, 0.2) is 0 Å². The van der Waals surface area contributed by atoms with Crippen LogP contribution in [0.15, 0.2) is 60.7 Å². The van der Waals surface area contributed by atoms with E-state index in [1.165, 1.54) is 0 Å². The lowest BCUT2D eigenvalue weighted by atomic mass is 9.99. The summed E-state index contributed by atoms with van der Waals surface area (Å²) in [6.45, 7) is 3.91. The van der Waals surface area contributed by atoms with Gasteiger partial charge in [0.25, 0.3) is 0 Å². The standard InChI is InChI=1S/C20H25N3O2/c1-3-15(2)22-20(25)23-18(24)14-21-19(16-10-6-4-7-11-16)17-12-8-5-9-13-17/h4-13,15,19,21H,3,14H2,1-2H3,(H2,22,23,24,25)/t15-/m0/s1. The summed E-state index contributed by atoms with van der Waals surface area (Å²) >= 11 is 0. The first-order chi connectivity index (χ1) is 12.1. The molecule has 0 aromatic heterocycles. The van der Waals surface area contributed by atoms with E-state index in [0.717, 1.165) is 17.5 Å². The maximum Gasteiger partial charge on any atom is 0.321 e. The Hall–Kier alpha value is -2.66. The molecule has 0 heterocycles. The van der Waals surface area contributed by atoms with Gasteiger partial charge in [0.2, 0.25) is 5.91 Å². The fourth-order valence-corrected chi connectivity index (χ4v) is 2.45. The number of hydrogen-bond donors (Lipinski definition) is 3. The van der Waals surface area contributed by atoms with Gasteiger partial charge in [-0.3, -0.25) is 15.4 Å². The minimum atomic E-state index is -0.461. The van der Waals surface area contributed by atoms with E-state index in [2.05, 4.69) is 16.0 Å². The Balaban J connectivity index is 1.99. The van der Waals surface area contributed by atoms with Crippen LogP contribution in [0, 0.1) is 0 Å². The van der Waals surface area contributed by atoms with E-state index in [-0.39, 0.29) is 24.5 Å². The highest BCUT2D eigenvalue weighted by molar-refractivity contribution is 5.95. The van der Waals surface area contributed by atoms with E-state index >= 15 is 0 Å². The molecule has 3 N–H and O–H groups in total. The Kier molecular flexibility index (Phi) is 7.16. The number of nitrogens with one attached hydrogen (secondary N) is 3. The van der Waals surface area contributed by atoms with Crippen LogP contribution in [-0.4, -0.2) is 24.5 Å². The van der Waals surface area contributed by atoms with Crippen LogP contribution in [0.3, 0.4) is 0 Å². The van der Waals surface area contributed by atoms with Crippen molar-refractivity contribution in [3.8, 4) is 0 Å². The Morgan fingerprint density at radius 1 is 0.920 bits per heavy atom. The summed E-state index contributed by atoms with van der Waals surface area (Å²) in [4.78, 5) is 23.8. The molecule has 5 nitrogen and oxygen atoms in total. The molecule has 0 bridgehead atoms. The summed E-state index contributed by atoms with van der Waals surface area (Å²) in [5.41, 5.74) is 2.12. The summed E-state index contributed by atoms with van der Waals surface area (Å²) < 4.78 is 0. The Morgan fingerprint density at radius 3 is 1.92 bits per heavy atom. The lowest BCUT2D eigenvalue weighted by molar-refractivity contribution is -0.119. The van der Waals surface area contributed by atoms with E-state index in [9.17, 15) is 9.59 Å². The van der Waals surface area contributed by atoms with Crippen molar-refractivity contribution in [2.75, 3.05) is 6.54 Å². The number of imide groups is 1. The molecule has 3 amide bonds. The van der Waals surface area contributed by atoms with Gasteiger partial charge >= 0.3 is 6.03 Å². The normalized spacial score (nSPS) is 11.8. The molecule has 0 saturated carbocycles. The molecule has 132 valence electrons. The molecule has 0 aliphatic carbocycles. The monoisotopic (exact) mass is 339 g/mol. The highest BCUT2D eigenvalue weighted by atomic mass is 16.2. The van der Waals surface area contributed by atoms with Crippen molar-refractivity contribution in [1.29, 1.82) is 0 Å². The second-order valence-corrected chi connectivity index (χ2v) is 5.97. The van der Waals surface area contributed by atoms with Crippen LogP contribution in [-0.2, 0) is 4.79 Å². The predicted octanol–water partition coefficient (Wildman–Crippen LogP) is 2.99. The van der Waals surface area contributed by atoms with Crippen LogP contribution in [0.1, 0.15) is 37.4 Å². The van der Waals surface area contributed by atoms with Gasteiger partial charge in [0, 0.05) is 6.04 Å². The molecule has 0 unspecified atom stereocenters. The molecular weight excluding hydrogens is 314 g/mol. The Bertz CT molecular complexity index is 634.